The first-order valence-corrected chi connectivity index (χ1v) is 7.61. The van der Waals surface area contributed by atoms with Crippen molar-refractivity contribution in [3.63, 3.8) is 0 Å². The van der Waals surface area contributed by atoms with Crippen LogP contribution in [0.25, 0.3) is 0 Å². The van der Waals surface area contributed by atoms with E-state index in [4.69, 9.17) is 5.73 Å². The number of hydrogen-bond acceptors (Lipinski definition) is 3. The van der Waals surface area contributed by atoms with Crippen molar-refractivity contribution in [2.75, 3.05) is 16.4 Å². The fraction of sp³-hybridized carbons (Fsp3) is 0.222. The summed E-state index contributed by atoms with van der Waals surface area (Å²) in [5.74, 6) is -0.0857. The Bertz CT molecular complexity index is 664. The molecule has 4 N–H and O–H groups in total. The number of nitrogens with two attached hydrogens (primary N) is 1. The standard InChI is InChI=1S/C18H21N3O2/c1-2-17(22)20-15-8-10-16(11-9-15)21-18(23)12-5-13-3-6-14(19)7-4-13/h3-4,6-11H,2,5,12,19H2,1H3,(H,20,22)(H,21,23). The minimum Gasteiger partial charge on any atom is -0.399 e. The monoisotopic (exact) mass is 311 g/mol. The molecule has 2 aromatic carbocycles. The summed E-state index contributed by atoms with van der Waals surface area (Å²) in [7, 11) is 0. The summed E-state index contributed by atoms with van der Waals surface area (Å²) in [6.07, 6.45) is 1.50. The number of carbonyl (C=O) groups excluding carboxylic acids is 2. The number of amides is 2. The maximum Gasteiger partial charge on any atom is 0.224 e. The Kier molecular flexibility index (Phi) is 5.74. The number of benzene rings is 2. The predicted molar refractivity (Wildman–Crippen MR) is 93.2 cm³/mol. The number of rotatable bonds is 6. The summed E-state index contributed by atoms with van der Waals surface area (Å²) in [4.78, 5) is 23.3. The summed E-state index contributed by atoms with van der Waals surface area (Å²) in [6.45, 7) is 1.80. The van der Waals surface area contributed by atoms with Gasteiger partial charge in [-0.25, -0.2) is 0 Å². The van der Waals surface area contributed by atoms with E-state index in [1.165, 1.54) is 0 Å². The van der Waals surface area contributed by atoms with E-state index in [9.17, 15) is 9.59 Å². The topological polar surface area (TPSA) is 84.2 Å². The Morgan fingerprint density at radius 1 is 0.870 bits per heavy atom. The molecule has 5 nitrogen and oxygen atoms in total. The zero-order valence-corrected chi connectivity index (χ0v) is 13.1. The molecule has 0 heterocycles. The highest BCUT2D eigenvalue weighted by molar-refractivity contribution is 5.92. The second-order valence-corrected chi connectivity index (χ2v) is 5.27. The van der Waals surface area contributed by atoms with Crippen molar-refractivity contribution in [2.24, 2.45) is 0 Å². The fourth-order valence-electron chi connectivity index (χ4n) is 2.05. The van der Waals surface area contributed by atoms with E-state index in [1.807, 2.05) is 24.3 Å². The summed E-state index contributed by atoms with van der Waals surface area (Å²) in [5.41, 5.74) is 8.85. The van der Waals surface area contributed by atoms with Gasteiger partial charge in [0.2, 0.25) is 11.8 Å². The Hall–Kier alpha value is -2.82. The fourth-order valence-corrected chi connectivity index (χ4v) is 2.05. The van der Waals surface area contributed by atoms with Crippen LogP contribution in [0, 0.1) is 0 Å². The Balaban J connectivity index is 1.82. The van der Waals surface area contributed by atoms with Crippen molar-refractivity contribution in [1.82, 2.24) is 0 Å². The van der Waals surface area contributed by atoms with Gasteiger partial charge in [0.15, 0.2) is 0 Å². The molecular formula is C18H21N3O2. The van der Waals surface area contributed by atoms with Crippen LogP contribution in [0.1, 0.15) is 25.3 Å². The predicted octanol–water partition coefficient (Wildman–Crippen LogP) is 3.19. The Morgan fingerprint density at radius 3 is 1.91 bits per heavy atom. The van der Waals surface area contributed by atoms with Crippen LogP contribution >= 0.6 is 0 Å². The second kappa shape index (κ2) is 7.98. The quantitative estimate of drug-likeness (QED) is 0.716. The van der Waals surface area contributed by atoms with E-state index < -0.39 is 0 Å². The van der Waals surface area contributed by atoms with Gasteiger partial charge in [0.25, 0.3) is 0 Å². The molecule has 0 radical (unpaired) electrons. The van der Waals surface area contributed by atoms with E-state index in [1.54, 1.807) is 31.2 Å². The van der Waals surface area contributed by atoms with Crippen molar-refractivity contribution in [3.05, 3.63) is 54.1 Å². The summed E-state index contributed by atoms with van der Waals surface area (Å²) >= 11 is 0. The number of nitrogen functional groups attached to an aromatic ring is 1. The van der Waals surface area contributed by atoms with Crippen LogP contribution in [-0.4, -0.2) is 11.8 Å². The van der Waals surface area contributed by atoms with E-state index in [2.05, 4.69) is 10.6 Å². The molecule has 0 saturated heterocycles. The molecule has 0 bridgehead atoms. The van der Waals surface area contributed by atoms with Crippen LogP contribution in [0.15, 0.2) is 48.5 Å². The largest absolute Gasteiger partial charge is 0.399 e. The molecule has 0 aliphatic rings. The highest BCUT2D eigenvalue weighted by Gasteiger charge is 2.04. The molecule has 2 amide bonds. The van der Waals surface area contributed by atoms with Crippen LogP contribution in [-0.2, 0) is 16.0 Å². The SMILES string of the molecule is CCC(=O)Nc1ccc(NC(=O)CCc2ccc(N)cc2)cc1. The van der Waals surface area contributed by atoms with E-state index >= 15 is 0 Å². The molecule has 2 rings (SSSR count). The number of carbonyl (C=O) groups is 2. The lowest BCUT2D eigenvalue weighted by Crippen LogP contribution is -2.13. The molecule has 120 valence electrons. The van der Waals surface area contributed by atoms with Gasteiger partial charge < -0.3 is 16.4 Å². The van der Waals surface area contributed by atoms with Crippen LogP contribution in [0.3, 0.4) is 0 Å². The maximum absolute atomic E-state index is 12.0. The van der Waals surface area contributed by atoms with Gasteiger partial charge in [-0.3, -0.25) is 9.59 Å². The molecule has 23 heavy (non-hydrogen) atoms. The van der Waals surface area contributed by atoms with Gasteiger partial charge in [0.1, 0.15) is 0 Å². The first-order valence-electron chi connectivity index (χ1n) is 7.61. The van der Waals surface area contributed by atoms with Crippen molar-refractivity contribution in [2.45, 2.75) is 26.2 Å². The molecule has 0 aliphatic carbocycles. The van der Waals surface area contributed by atoms with Gasteiger partial charge in [-0.2, -0.15) is 0 Å². The van der Waals surface area contributed by atoms with Gasteiger partial charge >= 0.3 is 0 Å². The Morgan fingerprint density at radius 2 is 1.39 bits per heavy atom. The molecule has 0 unspecified atom stereocenters. The van der Waals surface area contributed by atoms with E-state index in [0.29, 0.717) is 30.6 Å². The van der Waals surface area contributed by atoms with Crippen LogP contribution in [0.5, 0.6) is 0 Å². The van der Waals surface area contributed by atoms with Crippen molar-refractivity contribution >= 4 is 28.9 Å². The molecular weight excluding hydrogens is 290 g/mol. The average molecular weight is 311 g/mol. The zero-order valence-electron chi connectivity index (χ0n) is 13.1. The molecule has 0 aromatic heterocycles. The zero-order chi connectivity index (χ0) is 16.7. The first-order chi connectivity index (χ1) is 11.1. The molecule has 0 atom stereocenters. The van der Waals surface area contributed by atoms with E-state index in [0.717, 1.165) is 11.3 Å². The third-order valence-electron chi connectivity index (χ3n) is 3.39. The van der Waals surface area contributed by atoms with Gasteiger partial charge in [0.05, 0.1) is 0 Å². The highest BCUT2D eigenvalue weighted by atomic mass is 16.2. The minimum atomic E-state index is -0.0489. The summed E-state index contributed by atoms with van der Waals surface area (Å²) in [6, 6.07) is 14.6. The van der Waals surface area contributed by atoms with Gasteiger partial charge in [0, 0.05) is 29.9 Å². The first kappa shape index (κ1) is 16.5. The van der Waals surface area contributed by atoms with Crippen LogP contribution in [0.2, 0.25) is 0 Å². The molecule has 2 aromatic rings. The average Bonchev–Trinajstić information content (AvgIpc) is 2.56. The summed E-state index contributed by atoms with van der Waals surface area (Å²) in [5, 5.41) is 5.60. The van der Waals surface area contributed by atoms with Crippen LogP contribution in [0.4, 0.5) is 17.1 Å². The number of anilines is 3. The molecule has 0 spiro atoms. The third kappa shape index (κ3) is 5.47. The number of aryl methyl sites for hydroxylation is 1. The highest BCUT2D eigenvalue weighted by Crippen LogP contribution is 2.14. The number of hydrogen-bond donors (Lipinski definition) is 3. The molecule has 0 fully saturated rings. The maximum atomic E-state index is 12.0. The Labute approximate surface area is 135 Å². The van der Waals surface area contributed by atoms with Crippen molar-refractivity contribution in [1.29, 1.82) is 0 Å². The number of nitrogens with one attached hydrogen (secondary N) is 2. The van der Waals surface area contributed by atoms with Gasteiger partial charge in [-0.1, -0.05) is 19.1 Å². The lowest BCUT2D eigenvalue weighted by atomic mass is 10.1. The van der Waals surface area contributed by atoms with Gasteiger partial charge in [-0.05, 0) is 48.4 Å². The normalized spacial score (nSPS) is 10.1. The van der Waals surface area contributed by atoms with E-state index in [-0.39, 0.29) is 11.8 Å². The second-order valence-electron chi connectivity index (χ2n) is 5.27. The van der Waals surface area contributed by atoms with Crippen molar-refractivity contribution in [3.8, 4) is 0 Å². The lowest BCUT2D eigenvalue weighted by molar-refractivity contribution is -0.116. The third-order valence-corrected chi connectivity index (χ3v) is 3.39. The smallest absolute Gasteiger partial charge is 0.224 e. The van der Waals surface area contributed by atoms with Crippen LogP contribution < -0.4 is 16.4 Å². The summed E-state index contributed by atoms with van der Waals surface area (Å²) < 4.78 is 0. The molecule has 0 saturated carbocycles. The van der Waals surface area contributed by atoms with Crippen molar-refractivity contribution < 1.29 is 9.59 Å². The lowest BCUT2D eigenvalue weighted by Gasteiger charge is -2.07. The molecule has 5 heteroatoms. The minimum absolute atomic E-state index is 0.0368. The van der Waals surface area contributed by atoms with Gasteiger partial charge in [-0.15, -0.1) is 0 Å². The molecule has 0 aliphatic heterocycles.